The van der Waals surface area contributed by atoms with Gasteiger partial charge in [-0.2, -0.15) is 5.10 Å². The van der Waals surface area contributed by atoms with Crippen LogP contribution in [0.3, 0.4) is 0 Å². The molecule has 1 aromatic heterocycles. The van der Waals surface area contributed by atoms with Crippen molar-refractivity contribution in [3.8, 4) is 11.4 Å². The van der Waals surface area contributed by atoms with Crippen molar-refractivity contribution < 1.29 is 9.53 Å². The van der Waals surface area contributed by atoms with Crippen molar-refractivity contribution in [3.63, 3.8) is 0 Å². The molecule has 0 unspecified atom stereocenters. The van der Waals surface area contributed by atoms with E-state index in [1.54, 1.807) is 11.7 Å². The highest BCUT2D eigenvalue weighted by atomic mass is 32.1. The molecule has 2 aromatic rings. The quantitative estimate of drug-likeness (QED) is 0.733. The summed E-state index contributed by atoms with van der Waals surface area (Å²) in [7, 11) is 1.64. The predicted octanol–water partition coefficient (Wildman–Crippen LogP) is 3.05. The van der Waals surface area contributed by atoms with Crippen LogP contribution in [0.2, 0.25) is 0 Å². The zero-order valence-corrected chi connectivity index (χ0v) is 16.1. The Kier molecular flexibility index (Phi) is 6.90. The van der Waals surface area contributed by atoms with E-state index in [0.717, 1.165) is 5.56 Å². The highest BCUT2D eigenvalue weighted by molar-refractivity contribution is 7.71. The van der Waals surface area contributed by atoms with Gasteiger partial charge in [0.05, 0.1) is 6.61 Å². The Labute approximate surface area is 153 Å². The molecule has 2 rings (SSSR count). The minimum Gasteiger partial charge on any atom is -0.383 e. The van der Waals surface area contributed by atoms with Gasteiger partial charge in [0.25, 0.3) is 0 Å². The third-order valence-electron chi connectivity index (χ3n) is 3.86. The third kappa shape index (κ3) is 5.24. The Bertz CT molecular complexity index is 749. The Balaban J connectivity index is 2.23. The second-order valence-electron chi connectivity index (χ2n) is 6.53. The van der Waals surface area contributed by atoms with Gasteiger partial charge in [0, 0.05) is 25.8 Å². The number of carbonyl (C=O) groups excluding carboxylic acids is 1. The standard InChI is InChI=1S/C18H26N4O2S/c1-13(2)11-21(9-10-24-4)16(23)12-22-17(19-20-18(22)25)15-7-5-14(3)6-8-15/h5-8,13H,9-12H2,1-4H3,(H,20,25). The fourth-order valence-corrected chi connectivity index (χ4v) is 2.78. The Morgan fingerprint density at radius 3 is 2.64 bits per heavy atom. The number of carbonyl (C=O) groups is 1. The van der Waals surface area contributed by atoms with E-state index in [4.69, 9.17) is 17.0 Å². The average Bonchev–Trinajstić information content (AvgIpc) is 2.92. The van der Waals surface area contributed by atoms with Crippen molar-refractivity contribution in [3.05, 3.63) is 34.6 Å². The lowest BCUT2D eigenvalue weighted by molar-refractivity contribution is -0.133. The van der Waals surface area contributed by atoms with Crippen LogP contribution in [0.5, 0.6) is 0 Å². The van der Waals surface area contributed by atoms with E-state index < -0.39 is 0 Å². The number of rotatable bonds is 8. The molecule has 1 N–H and O–H groups in total. The molecule has 0 spiro atoms. The largest absolute Gasteiger partial charge is 0.383 e. The summed E-state index contributed by atoms with van der Waals surface area (Å²) in [4.78, 5) is 14.6. The summed E-state index contributed by atoms with van der Waals surface area (Å²) in [6, 6.07) is 8.00. The molecule has 1 heterocycles. The summed E-state index contributed by atoms with van der Waals surface area (Å²) in [5.74, 6) is 1.07. The molecule has 0 radical (unpaired) electrons. The van der Waals surface area contributed by atoms with Crippen LogP contribution in [-0.2, 0) is 16.1 Å². The smallest absolute Gasteiger partial charge is 0.242 e. The van der Waals surface area contributed by atoms with Crippen molar-refractivity contribution in [2.24, 2.45) is 5.92 Å². The summed E-state index contributed by atoms with van der Waals surface area (Å²) in [5, 5.41) is 7.10. The van der Waals surface area contributed by atoms with Gasteiger partial charge >= 0.3 is 0 Å². The maximum absolute atomic E-state index is 12.8. The van der Waals surface area contributed by atoms with Gasteiger partial charge in [-0.15, -0.1) is 0 Å². The number of ether oxygens (including phenoxy) is 1. The number of hydrogen-bond donors (Lipinski definition) is 1. The van der Waals surface area contributed by atoms with E-state index in [2.05, 4.69) is 24.0 Å². The third-order valence-corrected chi connectivity index (χ3v) is 4.18. The first-order valence-corrected chi connectivity index (χ1v) is 8.82. The lowest BCUT2D eigenvalue weighted by atomic mass is 10.1. The molecule has 7 heteroatoms. The van der Waals surface area contributed by atoms with Crippen LogP contribution >= 0.6 is 12.2 Å². The maximum atomic E-state index is 12.8. The van der Waals surface area contributed by atoms with E-state index in [-0.39, 0.29) is 12.5 Å². The van der Waals surface area contributed by atoms with Crippen LogP contribution in [0.1, 0.15) is 19.4 Å². The first-order chi connectivity index (χ1) is 11.9. The summed E-state index contributed by atoms with van der Waals surface area (Å²) in [6.07, 6.45) is 0. The normalized spacial score (nSPS) is 11.1. The topological polar surface area (TPSA) is 63.1 Å². The van der Waals surface area contributed by atoms with E-state index in [0.29, 0.717) is 36.2 Å². The van der Waals surface area contributed by atoms with Crippen LogP contribution in [0, 0.1) is 17.6 Å². The minimum absolute atomic E-state index is 0.0108. The highest BCUT2D eigenvalue weighted by Crippen LogP contribution is 2.18. The van der Waals surface area contributed by atoms with Crippen molar-refractivity contribution in [1.29, 1.82) is 0 Å². The zero-order valence-electron chi connectivity index (χ0n) is 15.3. The highest BCUT2D eigenvalue weighted by Gasteiger charge is 2.18. The van der Waals surface area contributed by atoms with Gasteiger partial charge in [-0.25, -0.2) is 0 Å². The number of aryl methyl sites for hydroxylation is 1. The molecule has 6 nitrogen and oxygen atoms in total. The second kappa shape index (κ2) is 8.92. The van der Waals surface area contributed by atoms with Gasteiger partial charge in [-0.3, -0.25) is 14.5 Å². The van der Waals surface area contributed by atoms with Gasteiger partial charge in [0.15, 0.2) is 10.6 Å². The Morgan fingerprint density at radius 2 is 2.04 bits per heavy atom. The Morgan fingerprint density at radius 1 is 1.36 bits per heavy atom. The fourth-order valence-electron chi connectivity index (χ4n) is 2.58. The molecule has 0 atom stereocenters. The molecule has 136 valence electrons. The maximum Gasteiger partial charge on any atom is 0.242 e. The Hall–Kier alpha value is -1.99. The zero-order chi connectivity index (χ0) is 18.4. The molecule has 0 bridgehead atoms. The molecule has 0 aliphatic rings. The second-order valence-corrected chi connectivity index (χ2v) is 6.92. The lowest BCUT2D eigenvalue weighted by Crippen LogP contribution is -2.38. The summed E-state index contributed by atoms with van der Waals surface area (Å²) in [5.41, 5.74) is 2.10. The van der Waals surface area contributed by atoms with Gasteiger partial charge in [0.2, 0.25) is 5.91 Å². The number of benzene rings is 1. The number of amides is 1. The predicted molar refractivity (Wildman–Crippen MR) is 101 cm³/mol. The molecule has 0 aliphatic carbocycles. The van der Waals surface area contributed by atoms with Crippen LogP contribution < -0.4 is 0 Å². The molecule has 25 heavy (non-hydrogen) atoms. The number of nitrogens with zero attached hydrogens (tertiary/aromatic N) is 3. The number of methoxy groups -OCH3 is 1. The molecular formula is C18H26N4O2S. The van der Waals surface area contributed by atoms with E-state index in [1.807, 2.05) is 36.1 Å². The number of aromatic nitrogens is 3. The summed E-state index contributed by atoms with van der Waals surface area (Å²) in [6.45, 7) is 8.15. The molecular weight excluding hydrogens is 336 g/mol. The number of nitrogens with one attached hydrogen (secondary N) is 1. The number of aromatic amines is 1. The molecule has 0 saturated heterocycles. The van der Waals surface area contributed by atoms with Crippen LogP contribution in [0.4, 0.5) is 0 Å². The first-order valence-electron chi connectivity index (χ1n) is 8.41. The van der Waals surface area contributed by atoms with Crippen molar-refractivity contribution in [2.45, 2.75) is 27.3 Å². The average molecular weight is 362 g/mol. The van der Waals surface area contributed by atoms with E-state index in [9.17, 15) is 4.79 Å². The van der Waals surface area contributed by atoms with Gasteiger partial charge in [-0.1, -0.05) is 43.7 Å². The molecule has 1 aromatic carbocycles. The van der Waals surface area contributed by atoms with E-state index >= 15 is 0 Å². The van der Waals surface area contributed by atoms with Gasteiger partial charge in [-0.05, 0) is 25.1 Å². The summed E-state index contributed by atoms with van der Waals surface area (Å²) < 4.78 is 7.32. The van der Waals surface area contributed by atoms with Crippen molar-refractivity contribution in [1.82, 2.24) is 19.7 Å². The molecule has 0 saturated carbocycles. The van der Waals surface area contributed by atoms with Crippen molar-refractivity contribution >= 4 is 18.1 Å². The number of H-pyrrole nitrogens is 1. The van der Waals surface area contributed by atoms with Gasteiger partial charge < -0.3 is 9.64 Å². The van der Waals surface area contributed by atoms with Crippen molar-refractivity contribution in [2.75, 3.05) is 26.8 Å². The van der Waals surface area contributed by atoms with Crippen LogP contribution in [0.15, 0.2) is 24.3 Å². The molecule has 0 aliphatic heterocycles. The molecule has 0 fully saturated rings. The molecule has 1 amide bonds. The summed E-state index contributed by atoms with van der Waals surface area (Å²) >= 11 is 5.33. The SMILES string of the molecule is COCCN(CC(C)C)C(=O)Cn1c(-c2ccc(C)cc2)n[nH]c1=S. The lowest BCUT2D eigenvalue weighted by Gasteiger charge is -2.24. The fraction of sp³-hybridized carbons (Fsp3) is 0.500. The first kappa shape index (κ1) is 19.3. The minimum atomic E-state index is 0.0108. The van der Waals surface area contributed by atoms with Crippen LogP contribution in [-0.4, -0.2) is 52.4 Å². The number of hydrogen-bond acceptors (Lipinski definition) is 4. The van der Waals surface area contributed by atoms with E-state index in [1.165, 1.54) is 5.56 Å². The monoisotopic (exact) mass is 362 g/mol. The van der Waals surface area contributed by atoms with Crippen LogP contribution in [0.25, 0.3) is 11.4 Å². The van der Waals surface area contributed by atoms with Gasteiger partial charge in [0.1, 0.15) is 6.54 Å².